The molecule has 6 heterocycles. The highest BCUT2D eigenvalue weighted by Gasteiger charge is 2.55. The smallest absolute Gasteiger partial charge is 0.187 e. The summed E-state index contributed by atoms with van der Waals surface area (Å²) in [5.41, 5.74) is 0. The van der Waals surface area contributed by atoms with E-state index in [-0.39, 0.29) is 0 Å². The van der Waals surface area contributed by atoms with Crippen LogP contribution in [-0.2, 0) is 52.1 Å². The molecule has 0 bridgehead atoms. The Kier molecular flexibility index (Phi) is 15.1. The van der Waals surface area contributed by atoms with Crippen LogP contribution in [0.4, 0.5) is 0 Å². The molecule has 25 heteroatoms. The summed E-state index contributed by atoms with van der Waals surface area (Å²) in [5, 5.41) is 148. The molecular weight excluding hydrogens is 784 g/mol. The van der Waals surface area contributed by atoms with E-state index in [0.29, 0.717) is 0 Å². The summed E-state index contributed by atoms with van der Waals surface area (Å²) in [6, 6.07) is 0. The SMILES string of the molecule is C[C@@H]1O[C@@H](O[C@@H]2[C@@H](O[C@@H]3O[C@@H](C)[C@H](O[C@@H]4OC[C@@H](O)[C@H](O)[C@H]4O)[C@@H](O[C@@H]4OC[C@@H](O)[C@H](O[C@@H]5OC[C@@H](O)[C@H](O)[C@H]5O)[C@H]4O)[C@H]3O)[C@@H](O)OC[C@H]2O)[C@H](O)[C@H](O)[C@H]1O. The van der Waals surface area contributed by atoms with Crippen LogP contribution in [0.15, 0.2) is 0 Å². The minimum Gasteiger partial charge on any atom is -0.388 e. The molecule has 6 saturated heterocycles. The Morgan fingerprint density at radius 1 is 0.316 bits per heavy atom. The quantitative estimate of drug-likeness (QED) is 0.0971. The van der Waals surface area contributed by atoms with Crippen LogP contribution in [-0.4, -0.2) is 258 Å². The van der Waals surface area contributed by atoms with Gasteiger partial charge in [-0.3, -0.25) is 0 Å². The average Bonchev–Trinajstić information content (AvgIpc) is 3.17. The molecule has 0 spiro atoms. The Bertz CT molecular complexity index is 1270. The van der Waals surface area contributed by atoms with Crippen molar-refractivity contribution in [1.82, 2.24) is 0 Å². The summed E-state index contributed by atoms with van der Waals surface area (Å²) < 4.78 is 62.0. The lowest BCUT2D eigenvalue weighted by atomic mass is 9.97. The fourth-order valence-electron chi connectivity index (χ4n) is 7.28. The van der Waals surface area contributed by atoms with Gasteiger partial charge in [-0.2, -0.15) is 0 Å². The minimum absolute atomic E-state index is 0.465. The van der Waals surface area contributed by atoms with E-state index in [0.717, 1.165) is 0 Å². The van der Waals surface area contributed by atoms with Gasteiger partial charge in [0.1, 0.15) is 110 Å². The van der Waals surface area contributed by atoms with Gasteiger partial charge in [-0.15, -0.1) is 0 Å². The van der Waals surface area contributed by atoms with Crippen molar-refractivity contribution in [2.24, 2.45) is 0 Å². The van der Waals surface area contributed by atoms with E-state index in [9.17, 15) is 71.5 Å². The van der Waals surface area contributed by atoms with E-state index in [1.54, 1.807) is 0 Å². The monoisotopic (exact) mass is 838 g/mol. The number of hydrogen-bond acceptors (Lipinski definition) is 25. The first kappa shape index (κ1) is 45.5. The van der Waals surface area contributed by atoms with Crippen molar-refractivity contribution in [3.63, 3.8) is 0 Å². The molecule has 6 aliphatic rings. The standard InChI is InChI=1S/C32H54O25/c1-7-13(37)16(40)19(43)31(51-7)55-24-12(36)5-47-27(46)26(24)57-32-21(45)25(22(8(2)52-32)53-28-17(41)14(38)9(33)3-48-28)56-30-20(44)23(11(35)6-50-30)54-29-18(42)15(39)10(34)4-49-29/h7-46H,3-6H2,1-2H3/t7-,8-,9+,10+,11+,12+,13-,14-,15-,16+,17+,18+,19+,20+,21+,22-,23-,24-,25-,26+,27-,28-,29-,30-,31-,32-/m0/s1. The van der Waals surface area contributed by atoms with Crippen molar-refractivity contribution < 1.29 is 124 Å². The van der Waals surface area contributed by atoms with Gasteiger partial charge in [0.2, 0.25) is 0 Å². The largest absolute Gasteiger partial charge is 0.388 e. The fourth-order valence-corrected chi connectivity index (χ4v) is 7.28. The normalized spacial score (nSPS) is 55.4. The number of hydrogen-bond donors (Lipinski definition) is 14. The molecule has 0 amide bonds. The number of rotatable bonds is 10. The molecule has 6 aliphatic heterocycles. The zero-order valence-corrected chi connectivity index (χ0v) is 30.6. The van der Waals surface area contributed by atoms with E-state index in [4.69, 9.17) is 52.1 Å². The van der Waals surface area contributed by atoms with Gasteiger partial charge >= 0.3 is 0 Å². The summed E-state index contributed by atoms with van der Waals surface area (Å²) in [7, 11) is 0. The van der Waals surface area contributed by atoms with Crippen LogP contribution in [0.3, 0.4) is 0 Å². The topological polar surface area (TPSA) is 385 Å². The lowest BCUT2D eigenvalue weighted by Crippen LogP contribution is -2.67. The number of aliphatic hydroxyl groups excluding tert-OH is 14. The second-order valence-electron chi connectivity index (χ2n) is 14.9. The Morgan fingerprint density at radius 3 is 1.30 bits per heavy atom. The molecule has 25 nitrogen and oxygen atoms in total. The molecule has 0 radical (unpaired) electrons. The van der Waals surface area contributed by atoms with Gasteiger partial charge in [0.15, 0.2) is 37.7 Å². The fraction of sp³-hybridized carbons (Fsp3) is 1.00. The van der Waals surface area contributed by atoms with Crippen LogP contribution >= 0.6 is 0 Å². The third-order valence-corrected chi connectivity index (χ3v) is 10.8. The zero-order chi connectivity index (χ0) is 41.6. The highest BCUT2D eigenvalue weighted by molar-refractivity contribution is 4.97. The highest BCUT2D eigenvalue weighted by atomic mass is 16.8. The molecule has 0 aromatic rings. The second-order valence-corrected chi connectivity index (χ2v) is 14.9. The Morgan fingerprint density at radius 2 is 0.702 bits per heavy atom. The molecule has 6 rings (SSSR count). The Hall–Kier alpha value is -1.00. The van der Waals surface area contributed by atoms with E-state index in [2.05, 4.69) is 0 Å². The van der Waals surface area contributed by atoms with E-state index < -0.39 is 186 Å². The van der Waals surface area contributed by atoms with Gasteiger partial charge in [-0.05, 0) is 13.8 Å². The van der Waals surface area contributed by atoms with Gasteiger partial charge in [0.25, 0.3) is 0 Å². The molecule has 14 N–H and O–H groups in total. The molecular formula is C32H54O25. The summed E-state index contributed by atoms with van der Waals surface area (Å²) >= 11 is 0. The minimum atomic E-state index is -2.02. The van der Waals surface area contributed by atoms with Crippen molar-refractivity contribution in [1.29, 1.82) is 0 Å². The van der Waals surface area contributed by atoms with E-state index >= 15 is 0 Å². The molecule has 26 atom stereocenters. The summed E-state index contributed by atoms with van der Waals surface area (Å²) in [5.74, 6) is 0. The third-order valence-electron chi connectivity index (χ3n) is 10.8. The highest BCUT2D eigenvalue weighted by Crippen LogP contribution is 2.36. The molecule has 57 heavy (non-hydrogen) atoms. The van der Waals surface area contributed by atoms with Gasteiger partial charge in [0, 0.05) is 0 Å². The van der Waals surface area contributed by atoms with Gasteiger partial charge in [-0.25, -0.2) is 0 Å². The van der Waals surface area contributed by atoms with Crippen molar-refractivity contribution >= 4 is 0 Å². The van der Waals surface area contributed by atoms with Crippen LogP contribution in [0.5, 0.6) is 0 Å². The van der Waals surface area contributed by atoms with Gasteiger partial charge in [-0.1, -0.05) is 0 Å². The molecule has 0 aromatic carbocycles. The van der Waals surface area contributed by atoms with Crippen LogP contribution in [0.2, 0.25) is 0 Å². The van der Waals surface area contributed by atoms with Crippen LogP contribution in [0.1, 0.15) is 13.8 Å². The molecule has 332 valence electrons. The lowest BCUT2D eigenvalue weighted by molar-refractivity contribution is -0.399. The Labute approximate surface area is 323 Å². The molecule has 0 unspecified atom stereocenters. The first-order valence-corrected chi connectivity index (χ1v) is 18.5. The average molecular weight is 839 g/mol. The Balaban J connectivity index is 1.23. The third kappa shape index (κ3) is 9.58. The van der Waals surface area contributed by atoms with Crippen LogP contribution in [0, 0.1) is 0 Å². The van der Waals surface area contributed by atoms with Crippen LogP contribution < -0.4 is 0 Å². The maximum atomic E-state index is 11.8. The summed E-state index contributed by atoms with van der Waals surface area (Å²) in [6.45, 7) is 0.738. The second kappa shape index (κ2) is 18.9. The summed E-state index contributed by atoms with van der Waals surface area (Å²) in [6.07, 6.45) is -43.2. The van der Waals surface area contributed by atoms with Crippen molar-refractivity contribution in [3.05, 3.63) is 0 Å². The van der Waals surface area contributed by atoms with Gasteiger partial charge < -0.3 is 124 Å². The molecule has 0 aromatic heterocycles. The van der Waals surface area contributed by atoms with Crippen molar-refractivity contribution in [3.8, 4) is 0 Å². The molecule has 0 saturated carbocycles. The number of ether oxygens (including phenoxy) is 11. The maximum Gasteiger partial charge on any atom is 0.187 e. The first-order chi connectivity index (χ1) is 26.9. The van der Waals surface area contributed by atoms with Crippen LogP contribution in [0.25, 0.3) is 0 Å². The predicted octanol–water partition coefficient (Wildman–Crippen LogP) is -9.49. The van der Waals surface area contributed by atoms with E-state index in [1.165, 1.54) is 13.8 Å². The summed E-state index contributed by atoms with van der Waals surface area (Å²) in [4.78, 5) is 0. The van der Waals surface area contributed by atoms with Crippen molar-refractivity contribution in [2.75, 3.05) is 26.4 Å². The lowest BCUT2D eigenvalue weighted by Gasteiger charge is -2.49. The molecule has 6 fully saturated rings. The number of aliphatic hydroxyl groups is 14. The first-order valence-electron chi connectivity index (χ1n) is 18.5. The maximum absolute atomic E-state index is 11.8. The molecule has 0 aliphatic carbocycles. The zero-order valence-electron chi connectivity index (χ0n) is 30.6. The van der Waals surface area contributed by atoms with Gasteiger partial charge in [0.05, 0.1) is 38.6 Å². The predicted molar refractivity (Wildman–Crippen MR) is 172 cm³/mol. The van der Waals surface area contributed by atoms with Crippen molar-refractivity contribution in [2.45, 2.75) is 174 Å². The van der Waals surface area contributed by atoms with E-state index in [1.807, 2.05) is 0 Å².